The Balaban J connectivity index is 2.31. The van der Waals surface area contributed by atoms with Gasteiger partial charge in [0.1, 0.15) is 0 Å². The first-order chi connectivity index (χ1) is 23.4. The van der Waals surface area contributed by atoms with Crippen molar-refractivity contribution in [1.29, 1.82) is 0 Å². The van der Waals surface area contributed by atoms with Gasteiger partial charge in [0, 0.05) is 45.2 Å². The van der Waals surface area contributed by atoms with Crippen LogP contribution in [0.15, 0.2) is 0 Å². The summed E-state index contributed by atoms with van der Waals surface area (Å²) in [7, 11) is 0. The van der Waals surface area contributed by atoms with Gasteiger partial charge >= 0.3 is 23.9 Å². The molecule has 0 radical (unpaired) electrons. The molecule has 0 aromatic rings. The molecule has 0 spiro atoms. The van der Waals surface area contributed by atoms with Gasteiger partial charge in [-0.1, -0.05) is 78.1 Å². The Labute approximate surface area is 293 Å². The summed E-state index contributed by atoms with van der Waals surface area (Å²) in [6.07, 6.45) is 15.9. The van der Waals surface area contributed by atoms with Crippen molar-refractivity contribution in [3.05, 3.63) is 0 Å². The molecule has 49 heavy (non-hydrogen) atoms. The number of nitrogens with zero attached hydrogens (tertiary/aromatic N) is 4. The average Bonchev–Trinajstić information content (AvgIpc) is 3.21. The van der Waals surface area contributed by atoms with E-state index in [1.165, 1.54) is 56.3 Å². The van der Waals surface area contributed by atoms with Gasteiger partial charge in [-0.2, -0.15) is 0 Å². The summed E-state index contributed by atoms with van der Waals surface area (Å²) in [6.45, 7) is 4.68. The quantitative estimate of drug-likeness (QED) is 0.0994. The van der Waals surface area contributed by atoms with E-state index in [-0.39, 0.29) is 57.0 Å². The van der Waals surface area contributed by atoms with Crippen LogP contribution in [0.25, 0.3) is 0 Å². The predicted molar refractivity (Wildman–Crippen MR) is 187 cm³/mol. The zero-order chi connectivity index (χ0) is 36.2. The van der Waals surface area contributed by atoms with Crippen LogP contribution in [0.2, 0.25) is 0 Å². The van der Waals surface area contributed by atoms with E-state index in [4.69, 9.17) is 0 Å². The summed E-state index contributed by atoms with van der Waals surface area (Å²) >= 11 is 0. The molecule has 4 N–H and O–H groups in total. The third-order valence-electron chi connectivity index (χ3n) is 10.4. The maximum atomic E-state index is 14.0. The second-order valence-electron chi connectivity index (χ2n) is 14.4. The van der Waals surface area contributed by atoms with Gasteiger partial charge in [0.2, 0.25) is 5.91 Å². The van der Waals surface area contributed by atoms with E-state index in [1.807, 2.05) is 0 Å². The number of aliphatic carboxylic acids is 4. The summed E-state index contributed by atoms with van der Waals surface area (Å²) < 4.78 is 0. The molecule has 0 bridgehead atoms. The molecule has 2 fully saturated rings. The van der Waals surface area contributed by atoms with Gasteiger partial charge in [0.25, 0.3) is 0 Å². The first-order valence-electron chi connectivity index (χ1n) is 18.8. The molecule has 1 heterocycles. The molecule has 1 aliphatic carbocycles. The largest absolute Gasteiger partial charge is 0.480 e. The van der Waals surface area contributed by atoms with Crippen molar-refractivity contribution in [2.45, 2.75) is 122 Å². The smallest absolute Gasteiger partial charge is 0.317 e. The molecular formula is C36H64N4O9. The number of carbonyl (C=O) groups is 5. The Hall–Kier alpha value is -2.77. The Morgan fingerprint density at radius 3 is 1.39 bits per heavy atom. The van der Waals surface area contributed by atoms with Crippen LogP contribution in [-0.4, -0.2) is 141 Å². The average molecular weight is 697 g/mol. The summed E-state index contributed by atoms with van der Waals surface area (Å²) in [5, 5.41) is 39.1. The summed E-state index contributed by atoms with van der Waals surface area (Å²) in [6, 6.07) is 0. The van der Waals surface area contributed by atoms with Crippen LogP contribution < -0.4 is 0 Å². The SMILES string of the molecule is CCCCCCCCN(CCCCCCCC)C(=O)[C@H]1CC[C@H](C2(N(CC(=O)O)CC(=O)O)CN(CC(=O)O)CCN(CC(=O)O)C2)CC1. The van der Waals surface area contributed by atoms with E-state index < -0.39 is 42.5 Å². The molecule has 1 saturated carbocycles. The number of hydrogen-bond donors (Lipinski definition) is 4. The molecule has 1 aliphatic heterocycles. The molecule has 13 nitrogen and oxygen atoms in total. The highest BCUT2D eigenvalue weighted by atomic mass is 16.4. The van der Waals surface area contributed by atoms with Gasteiger partial charge in [-0.15, -0.1) is 0 Å². The highest BCUT2D eigenvalue weighted by Gasteiger charge is 2.50. The standard InChI is InChI=1S/C36H64N4O9/c1-3-5-7-9-11-13-19-39(20-14-12-10-8-6-4-2)35(49)29-15-17-30(18-16-29)36(40(25-33(45)46)26-34(47)48)27-37(23-31(41)42)21-22-38(28-36)24-32(43)44/h29-30H,3-28H2,1-2H3,(H,41,42)(H,43,44)(H,45,46)(H,47,48)/t29-,30-. The van der Waals surface area contributed by atoms with Crippen molar-refractivity contribution in [3.8, 4) is 0 Å². The van der Waals surface area contributed by atoms with Crippen LogP contribution in [0.4, 0.5) is 0 Å². The van der Waals surface area contributed by atoms with Gasteiger partial charge in [0.15, 0.2) is 0 Å². The molecule has 0 unspecified atom stereocenters. The lowest BCUT2D eigenvalue weighted by Gasteiger charge is -2.52. The van der Waals surface area contributed by atoms with Crippen LogP contribution in [0.5, 0.6) is 0 Å². The van der Waals surface area contributed by atoms with Crippen molar-refractivity contribution < 1.29 is 44.4 Å². The van der Waals surface area contributed by atoms with Crippen LogP contribution in [0.3, 0.4) is 0 Å². The number of carboxylic acid groups (broad SMARTS) is 4. The molecule has 0 atom stereocenters. The van der Waals surface area contributed by atoms with Crippen LogP contribution in [-0.2, 0) is 24.0 Å². The van der Waals surface area contributed by atoms with Gasteiger partial charge in [-0.25, -0.2) is 0 Å². The Morgan fingerprint density at radius 1 is 0.592 bits per heavy atom. The number of carboxylic acids is 4. The van der Waals surface area contributed by atoms with Gasteiger partial charge in [-0.05, 0) is 44.4 Å². The highest BCUT2D eigenvalue weighted by Crippen LogP contribution is 2.41. The van der Waals surface area contributed by atoms with Crippen LogP contribution in [0, 0.1) is 11.8 Å². The molecule has 0 aromatic carbocycles. The lowest BCUT2D eigenvalue weighted by atomic mass is 9.69. The molecule has 1 saturated heterocycles. The number of hydrogen-bond acceptors (Lipinski definition) is 8. The maximum absolute atomic E-state index is 14.0. The highest BCUT2D eigenvalue weighted by molar-refractivity contribution is 5.79. The second kappa shape index (κ2) is 22.8. The van der Waals surface area contributed by atoms with E-state index in [1.54, 1.807) is 9.80 Å². The second-order valence-corrected chi connectivity index (χ2v) is 14.4. The number of rotatable bonds is 25. The van der Waals surface area contributed by atoms with Crippen molar-refractivity contribution >= 4 is 29.8 Å². The van der Waals surface area contributed by atoms with Crippen molar-refractivity contribution in [2.24, 2.45) is 11.8 Å². The summed E-state index contributed by atoms with van der Waals surface area (Å²) in [5.74, 6) is -4.90. The van der Waals surface area contributed by atoms with Gasteiger partial charge in [0.05, 0.1) is 31.7 Å². The van der Waals surface area contributed by atoms with Crippen LogP contribution >= 0.6 is 0 Å². The zero-order valence-electron chi connectivity index (χ0n) is 30.2. The van der Waals surface area contributed by atoms with E-state index in [0.29, 0.717) is 25.7 Å². The minimum atomic E-state index is -1.22. The predicted octanol–water partition coefficient (Wildman–Crippen LogP) is 4.34. The molecule has 0 aromatic heterocycles. The summed E-state index contributed by atoms with van der Waals surface area (Å²) in [5.41, 5.74) is -1.15. The van der Waals surface area contributed by atoms with Crippen LogP contribution in [0.1, 0.15) is 117 Å². The minimum Gasteiger partial charge on any atom is -0.480 e. The molecule has 2 rings (SSSR count). The zero-order valence-corrected chi connectivity index (χ0v) is 30.2. The first-order valence-corrected chi connectivity index (χ1v) is 18.8. The van der Waals surface area contributed by atoms with E-state index >= 15 is 0 Å². The molecule has 1 amide bonds. The third kappa shape index (κ3) is 15.3. The molecule has 282 valence electrons. The van der Waals surface area contributed by atoms with Crippen molar-refractivity contribution in [3.63, 3.8) is 0 Å². The van der Waals surface area contributed by atoms with Crippen molar-refractivity contribution in [1.82, 2.24) is 19.6 Å². The summed E-state index contributed by atoms with van der Waals surface area (Å²) in [4.78, 5) is 68.7. The topological polar surface area (TPSA) is 179 Å². The normalized spacial score (nSPS) is 20.1. The molecule has 13 heteroatoms. The third-order valence-corrected chi connectivity index (χ3v) is 10.4. The maximum Gasteiger partial charge on any atom is 0.317 e. The van der Waals surface area contributed by atoms with Gasteiger partial charge in [-0.3, -0.25) is 38.7 Å². The molecular weight excluding hydrogens is 632 g/mol. The fraction of sp³-hybridized carbons (Fsp3) is 0.861. The monoisotopic (exact) mass is 696 g/mol. The fourth-order valence-corrected chi connectivity index (χ4v) is 7.97. The van der Waals surface area contributed by atoms with E-state index in [9.17, 15) is 44.4 Å². The lowest BCUT2D eigenvalue weighted by molar-refractivity contribution is -0.150. The van der Waals surface area contributed by atoms with E-state index in [0.717, 1.165) is 38.8 Å². The Kier molecular flexibility index (Phi) is 19.8. The van der Waals surface area contributed by atoms with Crippen molar-refractivity contribution in [2.75, 3.05) is 65.4 Å². The Morgan fingerprint density at radius 2 is 1.00 bits per heavy atom. The fourth-order valence-electron chi connectivity index (χ4n) is 7.97. The lowest BCUT2D eigenvalue weighted by Crippen LogP contribution is -2.66. The number of unbranched alkanes of at least 4 members (excludes halogenated alkanes) is 10. The number of amides is 1. The number of carbonyl (C=O) groups excluding carboxylic acids is 1. The minimum absolute atomic E-state index is 0.0848. The Bertz CT molecular complexity index is 976. The van der Waals surface area contributed by atoms with Gasteiger partial charge < -0.3 is 25.3 Å². The van der Waals surface area contributed by atoms with E-state index in [2.05, 4.69) is 18.7 Å². The molecule has 2 aliphatic rings. The first kappa shape index (κ1) is 42.4.